The molecule has 0 amide bonds. The normalized spacial score (nSPS) is 11.8. The highest BCUT2D eigenvalue weighted by atomic mass is 32.1. The summed E-state index contributed by atoms with van der Waals surface area (Å²) in [6, 6.07) is 0. The molecule has 0 radical (unpaired) electrons. The summed E-state index contributed by atoms with van der Waals surface area (Å²) >= 11 is 1.56. The number of thiazole rings is 1. The van der Waals surface area contributed by atoms with Crippen LogP contribution in [0.25, 0.3) is 0 Å². The summed E-state index contributed by atoms with van der Waals surface area (Å²) in [6.07, 6.45) is 0. The molecule has 1 aromatic heterocycles. The molecule has 0 bridgehead atoms. The predicted molar refractivity (Wildman–Crippen MR) is 83.6 cm³/mol. The molecule has 1 aromatic rings. The molecule has 0 fully saturated rings. The highest BCUT2D eigenvalue weighted by Crippen LogP contribution is 2.29. The number of ether oxygens (including phenoxy) is 1. The van der Waals surface area contributed by atoms with Gasteiger partial charge in [-0.15, -0.1) is 11.3 Å². The van der Waals surface area contributed by atoms with Crippen molar-refractivity contribution in [2.24, 2.45) is 0 Å². The van der Waals surface area contributed by atoms with Gasteiger partial charge in [-0.3, -0.25) is 4.79 Å². The third kappa shape index (κ3) is 4.18. The molecular weight excluding hydrogens is 274 g/mol. The van der Waals surface area contributed by atoms with Crippen LogP contribution in [-0.2, 0) is 14.9 Å². The Labute approximate surface area is 125 Å². The molecule has 0 spiro atoms. The second kappa shape index (κ2) is 7.04. The number of esters is 1. The lowest BCUT2D eigenvalue weighted by atomic mass is 9.90. The molecular formula is C14H25N3O2S. The zero-order chi connectivity index (χ0) is 15.3. The van der Waals surface area contributed by atoms with E-state index in [1.165, 1.54) is 0 Å². The fourth-order valence-corrected chi connectivity index (χ4v) is 2.58. The van der Waals surface area contributed by atoms with Crippen LogP contribution in [0.1, 0.15) is 26.5 Å². The zero-order valence-corrected chi connectivity index (χ0v) is 14.1. The summed E-state index contributed by atoms with van der Waals surface area (Å²) in [4.78, 5) is 20.8. The first kappa shape index (κ1) is 16.9. The Morgan fingerprint density at radius 3 is 2.55 bits per heavy atom. The van der Waals surface area contributed by atoms with Gasteiger partial charge in [-0.05, 0) is 34.9 Å². The number of likely N-dealkylation sites (N-methyl/N-ethyl adjacent to an activating group) is 2. The standard InChI is InChI=1S/C14H25N3O2S/c1-7-19-12(18)14(2,3)11-10-20-13(15-11)17(6)9-8-16(4)5/h10H,7-9H2,1-6H3. The first-order valence-corrected chi connectivity index (χ1v) is 7.66. The van der Waals surface area contributed by atoms with Crippen LogP contribution in [-0.4, -0.2) is 56.7 Å². The van der Waals surface area contributed by atoms with E-state index in [0.717, 1.165) is 23.9 Å². The molecule has 0 aliphatic carbocycles. The van der Waals surface area contributed by atoms with E-state index in [1.807, 2.05) is 47.3 Å². The Kier molecular flexibility index (Phi) is 5.95. The number of rotatable bonds is 7. The molecule has 0 atom stereocenters. The van der Waals surface area contributed by atoms with Crippen LogP contribution in [0.3, 0.4) is 0 Å². The van der Waals surface area contributed by atoms with Crippen molar-refractivity contribution in [3.63, 3.8) is 0 Å². The van der Waals surface area contributed by atoms with Gasteiger partial charge >= 0.3 is 5.97 Å². The van der Waals surface area contributed by atoms with E-state index < -0.39 is 5.41 Å². The Bertz CT molecular complexity index is 443. The summed E-state index contributed by atoms with van der Waals surface area (Å²) in [6.45, 7) is 7.78. The Hall–Kier alpha value is -1.14. The number of hydrogen-bond donors (Lipinski definition) is 0. The lowest BCUT2D eigenvalue weighted by Crippen LogP contribution is -2.32. The highest BCUT2D eigenvalue weighted by molar-refractivity contribution is 7.13. The topological polar surface area (TPSA) is 45.7 Å². The van der Waals surface area contributed by atoms with Gasteiger partial charge in [-0.25, -0.2) is 4.98 Å². The fourth-order valence-electron chi connectivity index (χ4n) is 1.59. The Morgan fingerprint density at radius 2 is 2.00 bits per heavy atom. The number of nitrogens with zero attached hydrogens (tertiary/aromatic N) is 3. The maximum atomic E-state index is 12.0. The van der Waals surface area contributed by atoms with Crippen LogP contribution in [0.5, 0.6) is 0 Å². The van der Waals surface area contributed by atoms with E-state index in [2.05, 4.69) is 14.8 Å². The van der Waals surface area contributed by atoms with Crippen LogP contribution in [0.2, 0.25) is 0 Å². The smallest absolute Gasteiger partial charge is 0.317 e. The number of aromatic nitrogens is 1. The van der Waals surface area contributed by atoms with Crippen molar-refractivity contribution in [1.82, 2.24) is 9.88 Å². The van der Waals surface area contributed by atoms with Crippen molar-refractivity contribution >= 4 is 22.4 Å². The van der Waals surface area contributed by atoms with Crippen LogP contribution in [0.4, 0.5) is 5.13 Å². The molecule has 1 heterocycles. The summed E-state index contributed by atoms with van der Waals surface area (Å²) in [5.41, 5.74) is 0.0697. The first-order valence-electron chi connectivity index (χ1n) is 6.78. The maximum absolute atomic E-state index is 12.0. The van der Waals surface area contributed by atoms with E-state index in [0.29, 0.717) is 6.61 Å². The molecule has 0 aromatic carbocycles. The lowest BCUT2D eigenvalue weighted by molar-refractivity contribution is -0.148. The van der Waals surface area contributed by atoms with Crippen molar-refractivity contribution in [1.29, 1.82) is 0 Å². The minimum atomic E-state index is -0.701. The van der Waals surface area contributed by atoms with Gasteiger partial charge in [0.25, 0.3) is 0 Å². The number of carbonyl (C=O) groups excluding carboxylic acids is 1. The highest BCUT2D eigenvalue weighted by Gasteiger charge is 2.34. The predicted octanol–water partition coefficient (Wildman–Crippen LogP) is 1.98. The second-order valence-electron chi connectivity index (χ2n) is 5.59. The van der Waals surface area contributed by atoms with Gasteiger partial charge in [0.2, 0.25) is 0 Å². The number of anilines is 1. The van der Waals surface area contributed by atoms with Gasteiger partial charge in [0.1, 0.15) is 5.41 Å². The van der Waals surface area contributed by atoms with Crippen molar-refractivity contribution in [3.8, 4) is 0 Å². The van der Waals surface area contributed by atoms with Crippen LogP contribution >= 0.6 is 11.3 Å². The average molecular weight is 299 g/mol. The van der Waals surface area contributed by atoms with Crippen LogP contribution in [0.15, 0.2) is 5.38 Å². The Morgan fingerprint density at radius 1 is 1.35 bits per heavy atom. The Balaban J connectivity index is 2.78. The molecule has 20 heavy (non-hydrogen) atoms. The SMILES string of the molecule is CCOC(=O)C(C)(C)c1csc(N(C)CCN(C)C)n1. The third-order valence-corrected chi connectivity index (χ3v) is 4.08. The van der Waals surface area contributed by atoms with Crippen LogP contribution in [0, 0.1) is 0 Å². The fraction of sp³-hybridized carbons (Fsp3) is 0.714. The minimum Gasteiger partial charge on any atom is -0.465 e. The number of hydrogen-bond acceptors (Lipinski definition) is 6. The van der Waals surface area contributed by atoms with E-state index in [-0.39, 0.29) is 5.97 Å². The van der Waals surface area contributed by atoms with E-state index in [9.17, 15) is 4.79 Å². The summed E-state index contributed by atoms with van der Waals surface area (Å²) < 4.78 is 5.12. The molecule has 114 valence electrons. The molecule has 5 nitrogen and oxygen atoms in total. The van der Waals surface area contributed by atoms with Crippen molar-refractivity contribution in [2.75, 3.05) is 45.7 Å². The summed E-state index contributed by atoms with van der Waals surface area (Å²) in [7, 11) is 6.11. The van der Waals surface area contributed by atoms with E-state index >= 15 is 0 Å². The quantitative estimate of drug-likeness (QED) is 0.721. The van der Waals surface area contributed by atoms with Gasteiger partial charge in [-0.2, -0.15) is 0 Å². The largest absolute Gasteiger partial charge is 0.465 e. The molecule has 0 N–H and O–H groups in total. The van der Waals surface area contributed by atoms with Gasteiger partial charge in [0.15, 0.2) is 5.13 Å². The summed E-state index contributed by atoms with van der Waals surface area (Å²) in [5, 5.41) is 2.87. The lowest BCUT2D eigenvalue weighted by Gasteiger charge is -2.21. The van der Waals surface area contributed by atoms with E-state index in [1.54, 1.807) is 11.3 Å². The molecule has 0 unspecified atom stereocenters. The van der Waals surface area contributed by atoms with Crippen LogP contribution < -0.4 is 4.90 Å². The zero-order valence-electron chi connectivity index (χ0n) is 13.3. The molecule has 0 aliphatic rings. The van der Waals surface area contributed by atoms with E-state index in [4.69, 9.17) is 4.74 Å². The van der Waals surface area contributed by atoms with Gasteiger partial charge in [0.05, 0.1) is 12.3 Å². The van der Waals surface area contributed by atoms with Crippen molar-refractivity contribution in [3.05, 3.63) is 11.1 Å². The number of carbonyl (C=O) groups is 1. The van der Waals surface area contributed by atoms with Gasteiger partial charge < -0.3 is 14.5 Å². The third-order valence-electron chi connectivity index (χ3n) is 3.13. The summed E-state index contributed by atoms with van der Waals surface area (Å²) in [5.74, 6) is -0.229. The molecule has 0 aliphatic heterocycles. The van der Waals surface area contributed by atoms with Gasteiger partial charge in [-0.1, -0.05) is 0 Å². The van der Waals surface area contributed by atoms with Crippen molar-refractivity contribution in [2.45, 2.75) is 26.2 Å². The van der Waals surface area contributed by atoms with Gasteiger partial charge in [0, 0.05) is 25.5 Å². The monoisotopic (exact) mass is 299 g/mol. The molecule has 6 heteroatoms. The maximum Gasteiger partial charge on any atom is 0.317 e. The first-order chi connectivity index (χ1) is 9.28. The molecule has 0 saturated carbocycles. The van der Waals surface area contributed by atoms with Crippen molar-refractivity contribution < 1.29 is 9.53 Å². The minimum absolute atomic E-state index is 0.229. The molecule has 1 rings (SSSR count). The second-order valence-corrected chi connectivity index (χ2v) is 6.42. The molecule has 0 saturated heterocycles. The average Bonchev–Trinajstić information content (AvgIpc) is 2.86.